The smallest absolute Gasteiger partial charge is 0.192 e. The van der Waals surface area contributed by atoms with Gasteiger partial charge in [-0.25, -0.2) is 4.98 Å². The molecule has 0 fully saturated rings. The first kappa shape index (κ1) is 15.2. The predicted octanol–water partition coefficient (Wildman–Crippen LogP) is 4.30. The highest BCUT2D eigenvalue weighted by atomic mass is 16.3. The van der Waals surface area contributed by atoms with Crippen molar-refractivity contribution in [2.75, 3.05) is 0 Å². The SMILES string of the molecule is Cc1nc2c(o1)=CC(c1ccc3ccccc3c1)CC=2c1ccccc1. The Morgan fingerprint density at radius 3 is 2.50 bits per heavy atom. The molecule has 1 aromatic heterocycles. The molecule has 5 rings (SSSR count). The minimum atomic E-state index is 0.287. The second kappa shape index (κ2) is 5.99. The lowest BCUT2D eigenvalue weighted by Crippen LogP contribution is -2.30. The molecule has 0 radical (unpaired) electrons. The highest BCUT2D eigenvalue weighted by molar-refractivity contribution is 5.83. The average Bonchev–Trinajstić information content (AvgIpc) is 3.07. The molecule has 1 aliphatic carbocycles. The van der Waals surface area contributed by atoms with Crippen molar-refractivity contribution < 1.29 is 4.42 Å². The Bertz CT molecular complexity index is 1220. The molecule has 4 aromatic rings. The molecule has 2 heteroatoms. The standard InChI is InChI=1S/C24H19NO/c1-16-25-24-22(18-8-3-2-4-9-18)14-21(15-23(24)26-16)20-12-11-17-7-5-6-10-19(17)13-20/h2-13,15,21H,14H2,1H3. The molecule has 26 heavy (non-hydrogen) atoms. The zero-order valence-electron chi connectivity index (χ0n) is 14.6. The molecular formula is C24H19NO. The van der Waals surface area contributed by atoms with Crippen LogP contribution in [0.3, 0.4) is 0 Å². The molecular weight excluding hydrogens is 318 g/mol. The largest absolute Gasteiger partial charge is 0.441 e. The fourth-order valence-electron chi connectivity index (χ4n) is 3.88. The van der Waals surface area contributed by atoms with Crippen LogP contribution in [0, 0.1) is 6.92 Å². The number of fused-ring (bicyclic) bond motifs is 2. The summed E-state index contributed by atoms with van der Waals surface area (Å²) in [4.78, 5) is 4.65. The van der Waals surface area contributed by atoms with E-state index in [1.54, 1.807) is 0 Å². The van der Waals surface area contributed by atoms with E-state index in [1.165, 1.54) is 27.5 Å². The monoisotopic (exact) mass is 337 g/mol. The minimum Gasteiger partial charge on any atom is -0.441 e. The van der Waals surface area contributed by atoms with Gasteiger partial charge >= 0.3 is 0 Å². The van der Waals surface area contributed by atoms with Gasteiger partial charge in [0.15, 0.2) is 11.3 Å². The number of aryl methyl sites for hydroxylation is 1. The van der Waals surface area contributed by atoms with Gasteiger partial charge in [-0.15, -0.1) is 0 Å². The number of aromatic nitrogens is 1. The Labute approximate surface area is 152 Å². The summed E-state index contributed by atoms with van der Waals surface area (Å²) >= 11 is 0. The number of benzene rings is 3. The number of rotatable bonds is 2. The molecule has 0 saturated heterocycles. The molecule has 0 amide bonds. The van der Waals surface area contributed by atoms with Gasteiger partial charge in [0.05, 0.1) is 0 Å². The molecule has 1 heterocycles. The van der Waals surface area contributed by atoms with E-state index in [1.807, 2.05) is 6.92 Å². The highest BCUT2D eigenvalue weighted by Gasteiger charge is 2.20. The maximum absolute atomic E-state index is 5.91. The summed E-state index contributed by atoms with van der Waals surface area (Å²) in [5.74, 6) is 1.01. The Kier molecular flexibility index (Phi) is 3.49. The molecule has 0 bridgehead atoms. The van der Waals surface area contributed by atoms with Gasteiger partial charge in [-0.3, -0.25) is 0 Å². The van der Waals surface area contributed by atoms with Gasteiger partial charge in [-0.05, 0) is 40.0 Å². The van der Waals surface area contributed by atoms with Gasteiger partial charge in [-0.1, -0.05) is 72.8 Å². The molecule has 0 N–H and O–H groups in total. The third-order valence-electron chi connectivity index (χ3n) is 5.15. The van der Waals surface area contributed by atoms with Crippen molar-refractivity contribution in [2.45, 2.75) is 19.3 Å². The van der Waals surface area contributed by atoms with E-state index in [-0.39, 0.29) is 5.92 Å². The molecule has 126 valence electrons. The first-order valence-electron chi connectivity index (χ1n) is 9.00. The van der Waals surface area contributed by atoms with E-state index in [0.717, 1.165) is 23.1 Å². The fraction of sp³-hybridized carbons (Fsp3) is 0.125. The Hall–Kier alpha value is -3.13. The van der Waals surface area contributed by atoms with E-state index in [0.29, 0.717) is 0 Å². The van der Waals surface area contributed by atoms with Crippen molar-refractivity contribution in [3.05, 3.63) is 101 Å². The molecule has 1 atom stereocenters. The van der Waals surface area contributed by atoms with Crippen LogP contribution in [0.25, 0.3) is 22.4 Å². The van der Waals surface area contributed by atoms with Gasteiger partial charge in [0, 0.05) is 12.8 Å². The third-order valence-corrected chi connectivity index (χ3v) is 5.15. The zero-order valence-corrected chi connectivity index (χ0v) is 14.6. The second-order valence-electron chi connectivity index (χ2n) is 6.87. The Morgan fingerprint density at radius 2 is 1.65 bits per heavy atom. The lowest BCUT2D eigenvalue weighted by atomic mass is 9.85. The van der Waals surface area contributed by atoms with Gasteiger partial charge in [0.2, 0.25) is 0 Å². The Balaban J connectivity index is 1.68. The Morgan fingerprint density at radius 1 is 0.885 bits per heavy atom. The van der Waals surface area contributed by atoms with E-state index in [2.05, 4.69) is 83.9 Å². The summed E-state index contributed by atoms with van der Waals surface area (Å²) in [5, 5.41) is 3.54. The number of hydrogen-bond donors (Lipinski definition) is 0. The topological polar surface area (TPSA) is 26.0 Å². The quantitative estimate of drug-likeness (QED) is 0.545. The molecule has 1 aliphatic rings. The lowest BCUT2D eigenvalue weighted by Gasteiger charge is -2.18. The van der Waals surface area contributed by atoms with Crippen LogP contribution in [-0.2, 0) is 0 Å². The first-order valence-corrected chi connectivity index (χ1v) is 9.00. The van der Waals surface area contributed by atoms with Gasteiger partial charge in [0.1, 0.15) is 5.35 Å². The van der Waals surface area contributed by atoms with Crippen LogP contribution in [0.4, 0.5) is 0 Å². The summed E-state index contributed by atoms with van der Waals surface area (Å²) in [6.45, 7) is 1.92. The molecule has 2 nitrogen and oxygen atoms in total. The van der Waals surface area contributed by atoms with Crippen LogP contribution < -0.4 is 10.8 Å². The molecule has 3 aromatic carbocycles. The summed E-state index contributed by atoms with van der Waals surface area (Å²) < 4.78 is 5.91. The minimum absolute atomic E-state index is 0.287. The van der Waals surface area contributed by atoms with Crippen LogP contribution in [0.2, 0.25) is 0 Å². The molecule has 1 unspecified atom stereocenters. The van der Waals surface area contributed by atoms with Gasteiger partial charge in [0.25, 0.3) is 0 Å². The highest BCUT2D eigenvalue weighted by Crippen LogP contribution is 2.32. The van der Waals surface area contributed by atoms with Crippen molar-refractivity contribution in [1.82, 2.24) is 4.98 Å². The van der Waals surface area contributed by atoms with Gasteiger partial charge in [-0.2, -0.15) is 0 Å². The van der Waals surface area contributed by atoms with Gasteiger partial charge < -0.3 is 4.42 Å². The maximum atomic E-state index is 5.91. The van der Waals surface area contributed by atoms with Crippen molar-refractivity contribution >= 4 is 22.4 Å². The van der Waals surface area contributed by atoms with Crippen molar-refractivity contribution in [3.8, 4) is 0 Å². The first-order chi connectivity index (χ1) is 12.8. The van der Waals surface area contributed by atoms with E-state index in [4.69, 9.17) is 4.42 Å². The molecule has 0 spiro atoms. The van der Waals surface area contributed by atoms with Crippen LogP contribution in [-0.4, -0.2) is 4.98 Å². The summed E-state index contributed by atoms with van der Waals surface area (Å²) in [6, 6.07) is 25.8. The van der Waals surface area contributed by atoms with Crippen LogP contribution >= 0.6 is 0 Å². The van der Waals surface area contributed by atoms with Crippen molar-refractivity contribution in [2.24, 2.45) is 0 Å². The third kappa shape index (κ3) is 2.55. The van der Waals surface area contributed by atoms with Crippen LogP contribution in [0.1, 0.15) is 29.4 Å². The summed E-state index contributed by atoms with van der Waals surface area (Å²) in [6.07, 6.45) is 3.16. The maximum Gasteiger partial charge on any atom is 0.192 e. The summed E-state index contributed by atoms with van der Waals surface area (Å²) in [7, 11) is 0. The second-order valence-corrected chi connectivity index (χ2v) is 6.87. The van der Waals surface area contributed by atoms with E-state index in [9.17, 15) is 0 Å². The van der Waals surface area contributed by atoms with Crippen molar-refractivity contribution in [3.63, 3.8) is 0 Å². The number of nitrogens with zero attached hydrogens (tertiary/aromatic N) is 1. The lowest BCUT2D eigenvalue weighted by molar-refractivity contribution is 0.488. The average molecular weight is 337 g/mol. The summed E-state index contributed by atoms with van der Waals surface area (Å²) in [5.41, 5.74) is 4.70. The van der Waals surface area contributed by atoms with Crippen LogP contribution in [0.15, 0.2) is 77.2 Å². The number of oxazole rings is 1. The zero-order chi connectivity index (χ0) is 17.5. The predicted molar refractivity (Wildman–Crippen MR) is 105 cm³/mol. The van der Waals surface area contributed by atoms with E-state index < -0.39 is 0 Å². The van der Waals surface area contributed by atoms with Crippen molar-refractivity contribution in [1.29, 1.82) is 0 Å². The molecule has 0 aliphatic heterocycles. The van der Waals surface area contributed by atoms with E-state index >= 15 is 0 Å². The molecule has 0 saturated carbocycles. The number of hydrogen-bond acceptors (Lipinski definition) is 2. The normalized spacial score (nSPS) is 16.3. The fourth-order valence-corrected chi connectivity index (χ4v) is 3.88. The van der Waals surface area contributed by atoms with Crippen LogP contribution in [0.5, 0.6) is 0 Å².